The number of hydrogen-bond donors (Lipinski definition) is 1. The van der Waals surface area contributed by atoms with Gasteiger partial charge in [-0.15, -0.1) is 0 Å². The number of hydrogen-bond acceptors (Lipinski definition) is 4. The smallest absolute Gasteiger partial charge is 0.337 e. The topological polar surface area (TPSA) is 75.7 Å². The summed E-state index contributed by atoms with van der Waals surface area (Å²) in [5.74, 6) is -0.857. The summed E-state index contributed by atoms with van der Waals surface area (Å²) in [7, 11) is 1.30. The summed E-state index contributed by atoms with van der Waals surface area (Å²) < 4.78 is 4.69. The van der Waals surface area contributed by atoms with Crippen LogP contribution in [-0.2, 0) is 14.3 Å². The summed E-state index contributed by atoms with van der Waals surface area (Å²) in [6.07, 6.45) is 3.68. The van der Waals surface area contributed by atoms with Gasteiger partial charge in [-0.2, -0.15) is 0 Å². The molecule has 138 valence electrons. The zero-order valence-corrected chi connectivity index (χ0v) is 15.1. The van der Waals surface area contributed by atoms with E-state index in [1.807, 2.05) is 30.3 Å². The number of amides is 2. The first-order valence-electron chi connectivity index (χ1n) is 8.54. The Morgan fingerprint density at radius 3 is 2.63 bits per heavy atom. The van der Waals surface area contributed by atoms with Gasteiger partial charge in [0.25, 0.3) is 0 Å². The van der Waals surface area contributed by atoms with Crippen LogP contribution in [0.2, 0.25) is 0 Å². The summed E-state index contributed by atoms with van der Waals surface area (Å²) >= 11 is 0. The van der Waals surface area contributed by atoms with Crippen LogP contribution < -0.4 is 5.32 Å². The molecule has 1 heterocycles. The van der Waals surface area contributed by atoms with Gasteiger partial charge < -0.3 is 15.0 Å². The normalized spacial score (nSPS) is 15.0. The largest absolute Gasteiger partial charge is 0.465 e. The number of rotatable bonds is 4. The maximum absolute atomic E-state index is 12.6. The number of esters is 1. The summed E-state index contributed by atoms with van der Waals surface area (Å²) in [6.45, 7) is 1.48. The molecule has 1 aliphatic heterocycles. The molecular weight excluding hydrogens is 344 g/mol. The zero-order valence-electron chi connectivity index (χ0n) is 15.1. The molecule has 1 aliphatic rings. The molecule has 6 heteroatoms. The Labute approximate surface area is 157 Å². The highest BCUT2D eigenvalue weighted by Gasteiger charge is 2.28. The van der Waals surface area contributed by atoms with Crippen LogP contribution in [0.3, 0.4) is 0 Å². The first kappa shape index (κ1) is 18.4. The number of fused-ring (bicyclic) bond motifs is 1. The highest BCUT2D eigenvalue weighted by atomic mass is 16.5. The minimum absolute atomic E-state index is 0.101. The molecule has 0 bridgehead atoms. The van der Waals surface area contributed by atoms with Crippen molar-refractivity contribution in [2.45, 2.75) is 19.4 Å². The number of anilines is 1. The van der Waals surface area contributed by atoms with E-state index in [-0.39, 0.29) is 24.3 Å². The quantitative estimate of drug-likeness (QED) is 0.844. The zero-order chi connectivity index (χ0) is 19.4. The molecular formula is C21H20N2O4. The molecule has 0 radical (unpaired) electrons. The van der Waals surface area contributed by atoms with Crippen molar-refractivity contribution >= 4 is 29.5 Å². The van der Waals surface area contributed by atoms with E-state index in [1.54, 1.807) is 35.4 Å². The van der Waals surface area contributed by atoms with Crippen LogP contribution >= 0.6 is 0 Å². The van der Waals surface area contributed by atoms with Crippen molar-refractivity contribution < 1.29 is 19.1 Å². The van der Waals surface area contributed by atoms with E-state index in [0.717, 1.165) is 11.1 Å². The van der Waals surface area contributed by atoms with Crippen LogP contribution in [0.25, 0.3) is 6.08 Å². The monoisotopic (exact) mass is 364 g/mol. The van der Waals surface area contributed by atoms with E-state index >= 15 is 0 Å². The highest BCUT2D eigenvalue weighted by molar-refractivity contribution is 5.95. The van der Waals surface area contributed by atoms with E-state index < -0.39 is 5.97 Å². The van der Waals surface area contributed by atoms with Crippen LogP contribution in [0.4, 0.5) is 5.69 Å². The van der Waals surface area contributed by atoms with Gasteiger partial charge in [-0.25, -0.2) is 4.79 Å². The summed E-state index contributed by atoms with van der Waals surface area (Å²) in [5, 5.41) is 2.79. The lowest BCUT2D eigenvalue weighted by atomic mass is 9.93. The van der Waals surface area contributed by atoms with Crippen LogP contribution in [0.15, 0.2) is 54.7 Å². The molecule has 0 fully saturated rings. The van der Waals surface area contributed by atoms with Gasteiger partial charge in [0.15, 0.2) is 0 Å². The standard InChI is InChI=1S/C21H20N2O4/c1-14(24)23-11-10-15-6-3-4-9-18(15)19(23)13-20(25)22-17-8-5-7-16(12-17)21(26)27-2/h3-12,19H,13H2,1-2H3,(H,22,25)/t19-/m0/s1. The molecule has 0 saturated carbocycles. The minimum Gasteiger partial charge on any atom is -0.465 e. The molecule has 6 nitrogen and oxygen atoms in total. The molecule has 0 spiro atoms. The van der Waals surface area contributed by atoms with Crippen LogP contribution in [-0.4, -0.2) is 29.8 Å². The second kappa shape index (κ2) is 7.86. The molecule has 2 aromatic carbocycles. The molecule has 0 saturated heterocycles. The van der Waals surface area contributed by atoms with Gasteiger partial charge in [-0.3, -0.25) is 9.59 Å². The molecule has 0 aliphatic carbocycles. The van der Waals surface area contributed by atoms with E-state index in [1.165, 1.54) is 14.0 Å². The van der Waals surface area contributed by atoms with Gasteiger partial charge in [-0.1, -0.05) is 30.3 Å². The Bertz CT molecular complexity index is 920. The van der Waals surface area contributed by atoms with Gasteiger partial charge in [0.1, 0.15) is 0 Å². The first-order chi connectivity index (χ1) is 13.0. The van der Waals surface area contributed by atoms with Gasteiger partial charge in [-0.05, 0) is 35.4 Å². The third kappa shape index (κ3) is 4.06. The Kier molecular flexibility index (Phi) is 5.35. The number of carbonyl (C=O) groups is 3. The average Bonchev–Trinajstić information content (AvgIpc) is 2.67. The van der Waals surface area contributed by atoms with Crippen LogP contribution in [0.1, 0.15) is 40.9 Å². The highest BCUT2D eigenvalue weighted by Crippen LogP contribution is 2.33. The SMILES string of the molecule is COC(=O)c1cccc(NC(=O)C[C@H]2c3ccccc3C=CN2C(C)=O)c1. The van der Waals surface area contributed by atoms with Gasteiger partial charge in [0.2, 0.25) is 11.8 Å². The van der Waals surface area contributed by atoms with Crippen molar-refractivity contribution in [3.8, 4) is 0 Å². The Hall–Kier alpha value is -3.41. The number of benzene rings is 2. The number of ether oxygens (including phenoxy) is 1. The fourth-order valence-corrected chi connectivity index (χ4v) is 3.14. The number of nitrogens with zero attached hydrogens (tertiary/aromatic N) is 1. The number of methoxy groups -OCH3 is 1. The minimum atomic E-state index is -0.472. The van der Waals surface area contributed by atoms with E-state index in [9.17, 15) is 14.4 Å². The second-order valence-corrected chi connectivity index (χ2v) is 6.21. The number of carbonyl (C=O) groups excluding carboxylic acids is 3. The van der Waals surface area contributed by atoms with Crippen LogP contribution in [0, 0.1) is 0 Å². The average molecular weight is 364 g/mol. The molecule has 1 atom stereocenters. The second-order valence-electron chi connectivity index (χ2n) is 6.21. The summed E-state index contributed by atoms with van der Waals surface area (Å²) in [4.78, 5) is 37.8. The van der Waals surface area contributed by atoms with Crippen molar-refractivity contribution in [1.82, 2.24) is 4.90 Å². The molecule has 2 amide bonds. The van der Waals surface area contributed by atoms with Crippen molar-refractivity contribution in [3.05, 3.63) is 71.4 Å². The van der Waals surface area contributed by atoms with Gasteiger partial charge in [0.05, 0.1) is 25.1 Å². The Morgan fingerprint density at radius 2 is 1.89 bits per heavy atom. The molecule has 27 heavy (non-hydrogen) atoms. The van der Waals surface area contributed by atoms with Gasteiger partial charge >= 0.3 is 5.97 Å². The molecule has 1 N–H and O–H groups in total. The lowest BCUT2D eigenvalue weighted by Crippen LogP contribution is -2.33. The van der Waals surface area contributed by atoms with Crippen molar-refractivity contribution in [2.24, 2.45) is 0 Å². The van der Waals surface area contributed by atoms with Crippen molar-refractivity contribution in [3.63, 3.8) is 0 Å². The predicted octanol–water partition coefficient (Wildman–Crippen LogP) is 3.38. The summed E-state index contributed by atoms with van der Waals surface area (Å²) in [6, 6.07) is 13.8. The molecule has 3 rings (SSSR count). The fraction of sp³-hybridized carbons (Fsp3) is 0.190. The number of nitrogens with one attached hydrogen (secondary N) is 1. The third-order valence-electron chi connectivity index (χ3n) is 4.42. The van der Waals surface area contributed by atoms with Crippen LogP contribution in [0.5, 0.6) is 0 Å². The summed E-state index contributed by atoms with van der Waals surface area (Å²) in [5.41, 5.74) is 2.76. The Balaban J connectivity index is 1.79. The molecule has 0 unspecified atom stereocenters. The molecule has 2 aromatic rings. The molecule has 0 aromatic heterocycles. The van der Waals surface area contributed by atoms with E-state index in [2.05, 4.69) is 5.32 Å². The fourth-order valence-electron chi connectivity index (χ4n) is 3.14. The van der Waals surface area contributed by atoms with Crippen molar-refractivity contribution in [1.29, 1.82) is 0 Å². The maximum atomic E-state index is 12.6. The van der Waals surface area contributed by atoms with Gasteiger partial charge in [0, 0.05) is 18.8 Å². The lowest BCUT2D eigenvalue weighted by molar-refractivity contribution is -0.129. The van der Waals surface area contributed by atoms with E-state index in [4.69, 9.17) is 4.74 Å². The lowest BCUT2D eigenvalue weighted by Gasteiger charge is -2.32. The Morgan fingerprint density at radius 1 is 1.11 bits per heavy atom. The van der Waals surface area contributed by atoms with Crippen molar-refractivity contribution in [2.75, 3.05) is 12.4 Å². The van der Waals surface area contributed by atoms with E-state index in [0.29, 0.717) is 11.3 Å². The maximum Gasteiger partial charge on any atom is 0.337 e. The first-order valence-corrected chi connectivity index (χ1v) is 8.54. The third-order valence-corrected chi connectivity index (χ3v) is 4.42. The predicted molar refractivity (Wildman–Crippen MR) is 102 cm³/mol.